The van der Waals surface area contributed by atoms with Crippen LogP contribution in [0.25, 0.3) is 5.65 Å². The van der Waals surface area contributed by atoms with Crippen molar-refractivity contribution < 1.29 is 0 Å². The van der Waals surface area contributed by atoms with Gasteiger partial charge in [0.1, 0.15) is 0 Å². The highest BCUT2D eigenvalue weighted by Crippen LogP contribution is 2.21. The fraction of sp³-hybridized carbons (Fsp3) is 0.545. The van der Waals surface area contributed by atoms with Crippen molar-refractivity contribution in [3.63, 3.8) is 0 Å². The first kappa shape index (κ1) is 13.8. The number of nitrogens with zero attached hydrogens (tertiary/aromatic N) is 4. The summed E-state index contributed by atoms with van der Waals surface area (Å²) in [6.07, 6.45) is 3.73. The molecular formula is C11H19N5S. The van der Waals surface area contributed by atoms with Crippen LogP contribution in [0.2, 0.25) is 0 Å². The molecule has 2 heterocycles. The van der Waals surface area contributed by atoms with Crippen molar-refractivity contribution in [3.05, 3.63) is 11.8 Å². The van der Waals surface area contributed by atoms with E-state index >= 15 is 0 Å². The van der Waals surface area contributed by atoms with Gasteiger partial charge in [-0.2, -0.15) is 14.6 Å². The molecule has 2 N–H and O–H groups in total. The second-order valence-corrected chi connectivity index (χ2v) is 4.33. The average Bonchev–Trinajstić information content (AvgIpc) is 2.75. The second kappa shape index (κ2) is 5.86. The van der Waals surface area contributed by atoms with Crippen molar-refractivity contribution in [2.75, 3.05) is 12.0 Å². The molecule has 0 aliphatic heterocycles. The summed E-state index contributed by atoms with van der Waals surface area (Å²) in [7, 11) is 0. The van der Waals surface area contributed by atoms with Gasteiger partial charge in [0.25, 0.3) is 0 Å². The molecule has 2 aromatic rings. The van der Waals surface area contributed by atoms with Crippen LogP contribution in [0, 0.1) is 0 Å². The van der Waals surface area contributed by atoms with Crippen molar-refractivity contribution >= 4 is 23.4 Å². The summed E-state index contributed by atoms with van der Waals surface area (Å²) in [4.78, 5) is 8.53. The van der Waals surface area contributed by atoms with Gasteiger partial charge >= 0.3 is 0 Å². The maximum absolute atomic E-state index is 5.78. The molecule has 0 bridgehead atoms. The van der Waals surface area contributed by atoms with E-state index in [0.717, 1.165) is 11.2 Å². The van der Waals surface area contributed by atoms with E-state index in [1.165, 1.54) is 11.8 Å². The minimum Gasteiger partial charge on any atom is -0.368 e. The van der Waals surface area contributed by atoms with Gasteiger partial charge in [-0.15, -0.1) is 0 Å². The lowest BCUT2D eigenvalue weighted by atomic mass is 10.1. The first-order chi connectivity index (χ1) is 8.13. The van der Waals surface area contributed by atoms with Crippen LogP contribution in [0.4, 0.5) is 5.95 Å². The number of hydrogen-bond donors (Lipinski definition) is 1. The van der Waals surface area contributed by atoms with Gasteiger partial charge in [-0.3, -0.25) is 0 Å². The summed E-state index contributed by atoms with van der Waals surface area (Å²) >= 11 is 1.48. The van der Waals surface area contributed by atoms with Crippen LogP contribution in [0.1, 0.15) is 39.2 Å². The molecule has 2 rings (SSSR count). The Morgan fingerprint density at radius 2 is 1.94 bits per heavy atom. The van der Waals surface area contributed by atoms with E-state index in [2.05, 4.69) is 28.9 Å². The molecule has 0 spiro atoms. The van der Waals surface area contributed by atoms with Gasteiger partial charge in [-0.1, -0.05) is 39.5 Å². The third-order valence-corrected chi connectivity index (χ3v) is 2.75. The van der Waals surface area contributed by atoms with Crippen LogP contribution in [0.3, 0.4) is 0 Å². The number of anilines is 1. The molecule has 0 amide bonds. The third-order valence-electron chi connectivity index (χ3n) is 2.20. The SMILES string of the molecule is CC.CSc1nc(N)n2ncc(C(C)C)c2n1. The first-order valence-corrected chi connectivity index (χ1v) is 6.91. The highest BCUT2D eigenvalue weighted by atomic mass is 32.2. The molecule has 0 radical (unpaired) electrons. The van der Waals surface area contributed by atoms with Gasteiger partial charge in [-0.05, 0) is 12.2 Å². The number of nitrogens with two attached hydrogens (primary N) is 1. The number of fused-ring (bicyclic) bond motifs is 1. The highest BCUT2D eigenvalue weighted by molar-refractivity contribution is 7.98. The van der Waals surface area contributed by atoms with Crippen molar-refractivity contribution in [1.29, 1.82) is 0 Å². The molecule has 0 atom stereocenters. The zero-order valence-corrected chi connectivity index (χ0v) is 11.7. The van der Waals surface area contributed by atoms with Crippen LogP contribution < -0.4 is 5.73 Å². The molecule has 94 valence electrons. The predicted octanol–water partition coefficient (Wildman–Crippen LogP) is 2.58. The van der Waals surface area contributed by atoms with Crippen LogP contribution in [0.15, 0.2) is 11.4 Å². The molecule has 0 aromatic carbocycles. The Bertz CT molecular complexity index is 492. The number of nitrogen functional groups attached to an aromatic ring is 1. The molecule has 0 aliphatic carbocycles. The summed E-state index contributed by atoms with van der Waals surface area (Å²) in [5, 5.41) is 4.86. The number of hydrogen-bond acceptors (Lipinski definition) is 5. The minimum atomic E-state index is 0.381. The first-order valence-electron chi connectivity index (χ1n) is 5.68. The average molecular weight is 253 g/mol. The van der Waals surface area contributed by atoms with Gasteiger partial charge in [0, 0.05) is 5.56 Å². The van der Waals surface area contributed by atoms with Crippen molar-refractivity contribution in [2.24, 2.45) is 0 Å². The smallest absolute Gasteiger partial charge is 0.225 e. The monoisotopic (exact) mass is 253 g/mol. The third kappa shape index (κ3) is 2.69. The lowest BCUT2D eigenvalue weighted by molar-refractivity contribution is 0.840. The Kier molecular flexibility index (Phi) is 4.74. The number of aromatic nitrogens is 4. The Labute approximate surface area is 106 Å². The summed E-state index contributed by atoms with van der Waals surface area (Å²) < 4.78 is 1.58. The van der Waals surface area contributed by atoms with Gasteiger partial charge in [0.2, 0.25) is 5.95 Å². The summed E-state index contributed by atoms with van der Waals surface area (Å²) in [5.74, 6) is 0.766. The zero-order valence-electron chi connectivity index (χ0n) is 10.9. The largest absolute Gasteiger partial charge is 0.368 e. The van der Waals surface area contributed by atoms with Crippen molar-refractivity contribution in [2.45, 2.75) is 38.8 Å². The standard InChI is InChI=1S/C9H13N5S.C2H6/c1-5(2)6-4-11-14-7(6)12-9(15-3)13-8(14)10;1-2/h4-5H,1-3H3,(H2,10,12,13);1-2H3. The molecule has 0 unspecified atom stereocenters. The van der Waals surface area contributed by atoms with E-state index in [1.54, 1.807) is 10.7 Å². The Morgan fingerprint density at radius 3 is 2.47 bits per heavy atom. The maximum atomic E-state index is 5.78. The maximum Gasteiger partial charge on any atom is 0.225 e. The van der Waals surface area contributed by atoms with Crippen molar-refractivity contribution in [1.82, 2.24) is 19.6 Å². The summed E-state index contributed by atoms with van der Waals surface area (Å²) in [5.41, 5.74) is 7.69. The van der Waals surface area contributed by atoms with E-state index in [0.29, 0.717) is 17.0 Å². The second-order valence-electron chi connectivity index (χ2n) is 3.56. The fourth-order valence-corrected chi connectivity index (χ4v) is 1.76. The normalized spacial score (nSPS) is 10.5. The van der Waals surface area contributed by atoms with E-state index in [-0.39, 0.29) is 0 Å². The van der Waals surface area contributed by atoms with E-state index in [4.69, 9.17) is 5.73 Å². The molecule has 17 heavy (non-hydrogen) atoms. The molecule has 2 aromatic heterocycles. The molecule has 0 fully saturated rings. The van der Waals surface area contributed by atoms with Crippen molar-refractivity contribution in [3.8, 4) is 0 Å². The Hall–Kier alpha value is -1.30. The highest BCUT2D eigenvalue weighted by Gasteiger charge is 2.12. The van der Waals surface area contributed by atoms with Crippen LogP contribution in [0.5, 0.6) is 0 Å². The summed E-state index contributed by atoms with van der Waals surface area (Å²) in [6.45, 7) is 8.21. The van der Waals surface area contributed by atoms with E-state index < -0.39 is 0 Å². The zero-order chi connectivity index (χ0) is 13.0. The van der Waals surface area contributed by atoms with Gasteiger partial charge in [-0.25, -0.2) is 4.98 Å². The fourth-order valence-electron chi connectivity index (χ4n) is 1.39. The van der Waals surface area contributed by atoms with Crippen LogP contribution in [-0.4, -0.2) is 25.8 Å². The quantitative estimate of drug-likeness (QED) is 0.833. The summed E-state index contributed by atoms with van der Waals surface area (Å²) in [6, 6.07) is 0. The predicted molar refractivity (Wildman–Crippen MR) is 72.4 cm³/mol. The van der Waals surface area contributed by atoms with Crippen LogP contribution in [-0.2, 0) is 0 Å². The molecule has 0 saturated carbocycles. The number of thioether (sulfide) groups is 1. The molecule has 0 saturated heterocycles. The number of rotatable bonds is 2. The van der Waals surface area contributed by atoms with Gasteiger partial charge in [0.05, 0.1) is 6.20 Å². The lowest BCUT2D eigenvalue weighted by Crippen LogP contribution is -2.05. The molecule has 5 nitrogen and oxygen atoms in total. The van der Waals surface area contributed by atoms with E-state index in [1.807, 2.05) is 20.1 Å². The Morgan fingerprint density at radius 1 is 1.29 bits per heavy atom. The molecular weight excluding hydrogens is 234 g/mol. The minimum absolute atomic E-state index is 0.381. The topological polar surface area (TPSA) is 69.1 Å². The lowest BCUT2D eigenvalue weighted by Gasteiger charge is -2.03. The molecule has 6 heteroatoms. The van der Waals surface area contributed by atoms with Gasteiger partial charge < -0.3 is 5.73 Å². The molecule has 0 aliphatic rings. The van der Waals surface area contributed by atoms with Gasteiger partial charge in [0.15, 0.2) is 10.8 Å². The van der Waals surface area contributed by atoms with E-state index in [9.17, 15) is 0 Å². The Balaban J connectivity index is 0.000000686. The van der Waals surface area contributed by atoms with Crippen LogP contribution >= 0.6 is 11.8 Å².